The minimum Gasteiger partial charge on any atom is -0.262 e. The molecule has 1 aromatic rings. The highest BCUT2D eigenvalue weighted by molar-refractivity contribution is 7.80. The largest absolute Gasteiger partial charge is 0.313 e. The van der Waals surface area contributed by atoms with E-state index in [0.717, 1.165) is 0 Å². The molecule has 0 aromatic carbocycles. The second-order valence-electron chi connectivity index (χ2n) is 5.19. The Bertz CT molecular complexity index is 441. The zero-order valence-corrected chi connectivity index (χ0v) is 12.3. The molecule has 0 saturated carbocycles. The van der Waals surface area contributed by atoms with Crippen LogP contribution in [0, 0.1) is 15.5 Å². The van der Waals surface area contributed by atoms with Crippen LogP contribution in [0.15, 0.2) is 0 Å². The predicted molar refractivity (Wildman–Crippen MR) is 75.3 cm³/mol. The van der Waals surface area contributed by atoms with E-state index in [1.54, 1.807) is 4.68 Å². The van der Waals surface area contributed by atoms with Crippen LogP contribution in [0.1, 0.15) is 39.1 Å². The average molecular weight is 271 g/mol. The van der Waals surface area contributed by atoms with E-state index < -0.39 is 0 Å². The molecule has 0 aliphatic rings. The lowest BCUT2D eigenvalue weighted by Gasteiger charge is -2.22. The van der Waals surface area contributed by atoms with Gasteiger partial charge in [0.25, 0.3) is 0 Å². The molecule has 0 N–H and O–H groups in total. The van der Waals surface area contributed by atoms with Crippen LogP contribution in [0.5, 0.6) is 0 Å². The van der Waals surface area contributed by atoms with Crippen molar-refractivity contribution in [3.63, 3.8) is 0 Å². The third-order valence-electron chi connectivity index (χ3n) is 2.96. The summed E-state index contributed by atoms with van der Waals surface area (Å²) >= 11 is 4.32. The smallest absolute Gasteiger partial charge is 0.262 e. The van der Waals surface area contributed by atoms with Crippen molar-refractivity contribution in [3.05, 3.63) is 21.5 Å². The molecule has 18 heavy (non-hydrogen) atoms. The standard InChI is InChI=1S/C12H21N3O2S/c1-5-9-11(15(16)17)10(6-2)14(13-9)7-12(3,4)8-18/h18H,5-8H2,1-4H3. The van der Waals surface area contributed by atoms with Crippen molar-refractivity contribution in [3.8, 4) is 0 Å². The van der Waals surface area contributed by atoms with Gasteiger partial charge in [0.15, 0.2) is 0 Å². The van der Waals surface area contributed by atoms with Crippen LogP contribution in [-0.4, -0.2) is 20.5 Å². The first-order valence-corrected chi connectivity index (χ1v) is 6.83. The molecule has 1 heterocycles. The molecule has 0 spiro atoms. The van der Waals surface area contributed by atoms with E-state index in [1.807, 2.05) is 13.8 Å². The highest BCUT2D eigenvalue weighted by Crippen LogP contribution is 2.28. The van der Waals surface area contributed by atoms with Crippen LogP contribution in [0.4, 0.5) is 5.69 Å². The van der Waals surface area contributed by atoms with Crippen molar-refractivity contribution >= 4 is 18.3 Å². The quantitative estimate of drug-likeness (QED) is 0.491. The van der Waals surface area contributed by atoms with Gasteiger partial charge in [-0.3, -0.25) is 14.8 Å². The van der Waals surface area contributed by atoms with E-state index in [0.29, 0.717) is 36.5 Å². The van der Waals surface area contributed by atoms with Gasteiger partial charge in [-0.05, 0) is 24.0 Å². The fourth-order valence-electron chi connectivity index (χ4n) is 1.93. The Balaban J connectivity index is 3.24. The molecule has 0 atom stereocenters. The van der Waals surface area contributed by atoms with Gasteiger partial charge in [-0.25, -0.2) is 0 Å². The molecule has 1 rings (SSSR count). The second kappa shape index (κ2) is 5.73. The summed E-state index contributed by atoms with van der Waals surface area (Å²) in [5.41, 5.74) is 1.45. The summed E-state index contributed by atoms with van der Waals surface area (Å²) in [6.07, 6.45) is 1.20. The summed E-state index contributed by atoms with van der Waals surface area (Å²) in [5, 5.41) is 15.5. The van der Waals surface area contributed by atoms with Gasteiger partial charge in [-0.2, -0.15) is 17.7 Å². The van der Waals surface area contributed by atoms with Crippen molar-refractivity contribution < 1.29 is 4.92 Å². The lowest BCUT2D eigenvalue weighted by molar-refractivity contribution is -0.386. The molecule has 0 fully saturated rings. The van der Waals surface area contributed by atoms with E-state index >= 15 is 0 Å². The van der Waals surface area contributed by atoms with Gasteiger partial charge < -0.3 is 0 Å². The number of aromatic nitrogens is 2. The summed E-state index contributed by atoms with van der Waals surface area (Å²) in [6, 6.07) is 0. The molecule has 0 bridgehead atoms. The Kier molecular flexibility index (Phi) is 4.78. The van der Waals surface area contributed by atoms with E-state index in [9.17, 15) is 10.1 Å². The minimum atomic E-state index is -0.311. The Morgan fingerprint density at radius 2 is 2.00 bits per heavy atom. The molecule has 0 aliphatic heterocycles. The third kappa shape index (κ3) is 3.04. The molecule has 0 saturated heterocycles. The van der Waals surface area contributed by atoms with E-state index in [-0.39, 0.29) is 16.0 Å². The molecule has 1 aromatic heterocycles. The summed E-state index contributed by atoms with van der Waals surface area (Å²) in [6.45, 7) is 8.63. The molecule has 0 amide bonds. The van der Waals surface area contributed by atoms with Crippen molar-refractivity contribution in [1.29, 1.82) is 0 Å². The number of thiol groups is 1. The minimum absolute atomic E-state index is 0.0298. The van der Waals surface area contributed by atoms with Crippen LogP contribution in [0.3, 0.4) is 0 Å². The Hall–Kier alpha value is -1.04. The highest BCUT2D eigenvalue weighted by Gasteiger charge is 2.28. The lowest BCUT2D eigenvalue weighted by Crippen LogP contribution is -2.23. The molecule has 102 valence electrons. The number of nitro groups is 1. The molecule has 6 heteroatoms. The maximum absolute atomic E-state index is 11.1. The predicted octanol–water partition coefficient (Wildman–Crippen LogP) is 2.87. The van der Waals surface area contributed by atoms with E-state index in [2.05, 4.69) is 31.6 Å². The Morgan fingerprint density at radius 3 is 2.39 bits per heavy atom. The van der Waals surface area contributed by atoms with Crippen LogP contribution in [0.25, 0.3) is 0 Å². The van der Waals surface area contributed by atoms with Crippen LogP contribution >= 0.6 is 12.6 Å². The Labute approximate surface area is 113 Å². The summed E-state index contributed by atoms with van der Waals surface area (Å²) in [5.74, 6) is 0.714. The lowest BCUT2D eigenvalue weighted by atomic mass is 9.96. The maximum atomic E-state index is 11.1. The van der Waals surface area contributed by atoms with E-state index in [4.69, 9.17) is 0 Å². The maximum Gasteiger partial charge on any atom is 0.313 e. The first-order valence-electron chi connectivity index (χ1n) is 6.20. The summed E-state index contributed by atoms with van der Waals surface area (Å²) < 4.78 is 1.78. The molecule has 0 aliphatic carbocycles. The SMILES string of the molecule is CCc1nn(CC(C)(C)CS)c(CC)c1[N+](=O)[O-]. The monoisotopic (exact) mass is 271 g/mol. The van der Waals surface area contributed by atoms with Gasteiger partial charge in [-0.15, -0.1) is 0 Å². The van der Waals surface area contributed by atoms with Crippen molar-refractivity contribution in [2.45, 2.75) is 47.1 Å². The van der Waals surface area contributed by atoms with Gasteiger partial charge in [0.05, 0.1) is 4.92 Å². The van der Waals surface area contributed by atoms with Crippen molar-refractivity contribution in [2.75, 3.05) is 5.75 Å². The van der Waals surface area contributed by atoms with Crippen LogP contribution in [0.2, 0.25) is 0 Å². The Morgan fingerprint density at radius 1 is 1.39 bits per heavy atom. The third-order valence-corrected chi connectivity index (χ3v) is 3.81. The van der Waals surface area contributed by atoms with Gasteiger partial charge in [0.1, 0.15) is 11.4 Å². The molecule has 0 radical (unpaired) electrons. The highest BCUT2D eigenvalue weighted by atomic mass is 32.1. The normalized spacial score (nSPS) is 11.8. The molecule has 0 unspecified atom stereocenters. The topological polar surface area (TPSA) is 61.0 Å². The van der Waals surface area contributed by atoms with Gasteiger partial charge in [-0.1, -0.05) is 27.7 Å². The number of hydrogen-bond acceptors (Lipinski definition) is 4. The van der Waals surface area contributed by atoms with Gasteiger partial charge in [0, 0.05) is 6.54 Å². The van der Waals surface area contributed by atoms with Crippen molar-refractivity contribution in [1.82, 2.24) is 9.78 Å². The second-order valence-corrected chi connectivity index (χ2v) is 5.50. The molecular formula is C12H21N3O2S. The number of hydrogen-bond donors (Lipinski definition) is 1. The fourth-order valence-corrected chi connectivity index (χ4v) is 2.03. The molecule has 5 nitrogen and oxygen atoms in total. The number of aryl methyl sites for hydroxylation is 1. The summed E-state index contributed by atoms with van der Waals surface area (Å²) in [7, 11) is 0. The number of rotatable bonds is 6. The van der Waals surface area contributed by atoms with E-state index in [1.165, 1.54) is 0 Å². The molecular weight excluding hydrogens is 250 g/mol. The van der Waals surface area contributed by atoms with Gasteiger partial charge >= 0.3 is 5.69 Å². The first kappa shape index (κ1) is 15.0. The number of nitrogens with zero attached hydrogens (tertiary/aromatic N) is 3. The first-order chi connectivity index (χ1) is 8.36. The zero-order valence-electron chi connectivity index (χ0n) is 11.4. The van der Waals surface area contributed by atoms with Crippen LogP contribution in [-0.2, 0) is 19.4 Å². The van der Waals surface area contributed by atoms with Gasteiger partial charge in [0.2, 0.25) is 0 Å². The van der Waals surface area contributed by atoms with Crippen molar-refractivity contribution in [2.24, 2.45) is 5.41 Å². The summed E-state index contributed by atoms with van der Waals surface area (Å²) in [4.78, 5) is 10.8. The zero-order chi connectivity index (χ0) is 13.9. The average Bonchev–Trinajstić information content (AvgIpc) is 2.66. The van der Waals surface area contributed by atoms with Crippen LogP contribution < -0.4 is 0 Å². The fraction of sp³-hybridized carbons (Fsp3) is 0.750.